The molecule has 25 heavy (non-hydrogen) atoms. The van der Waals surface area contributed by atoms with Crippen molar-refractivity contribution in [1.82, 2.24) is 10.2 Å². The molecule has 0 atom stereocenters. The largest absolute Gasteiger partial charge is 0.493 e. The minimum Gasteiger partial charge on any atom is -0.493 e. The Balaban J connectivity index is 2.21. The number of aromatic nitrogens is 2. The Morgan fingerprint density at radius 2 is 2.04 bits per heavy atom. The Morgan fingerprint density at radius 3 is 2.72 bits per heavy atom. The van der Waals surface area contributed by atoms with E-state index in [1.165, 1.54) is 0 Å². The number of methoxy groups -OCH3 is 1. The first kappa shape index (κ1) is 18.9. The minimum atomic E-state index is -0.477. The maximum Gasteiger partial charge on any atom is 0.285 e. The quantitative estimate of drug-likeness (QED) is 0.707. The molecule has 7 nitrogen and oxygen atoms in total. The van der Waals surface area contributed by atoms with Gasteiger partial charge < -0.3 is 19.5 Å². The lowest BCUT2D eigenvalue weighted by Crippen LogP contribution is -2.15. The fraction of sp³-hybridized carbons (Fsp3) is 0.412. The Hall–Kier alpha value is -2.41. The van der Waals surface area contributed by atoms with Crippen molar-refractivity contribution >= 4 is 17.3 Å². The molecule has 0 saturated carbocycles. The highest BCUT2D eigenvalue weighted by Gasteiger charge is 2.14. The minimum absolute atomic E-state index is 0.00872. The van der Waals surface area contributed by atoms with Crippen molar-refractivity contribution in [1.29, 1.82) is 0 Å². The smallest absolute Gasteiger partial charge is 0.285 e. The molecule has 0 amide bonds. The lowest BCUT2D eigenvalue weighted by molar-refractivity contribution is 0.294. The zero-order chi connectivity index (χ0) is 18.2. The van der Waals surface area contributed by atoms with Gasteiger partial charge in [-0.3, -0.25) is 4.79 Å². The topological polar surface area (TPSA) is 85.5 Å². The molecular weight excluding hydrogens is 346 g/mol. The zero-order valence-electron chi connectivity index (χ0n) is 14.5. The molecule has 0 bridgehead atoms. The molecule has 1 aromatic carbocycles. The standard InChI is InChI=1S/C17H22ClN3O4/c1-4-8-25-13-9-11(6-7-12(13)23-3)10-19-15-14(18)16(22)20-21-17(15)24-5-2/h6-7,9H,4-5,8,10H2,1-3H3,(H2,19,20,22). The molecule has 8 heteroatoms. The Labute approximate surface area is 151 Å². The molecule has 2 rings (SSSR count). The first-order valence-electron chi connectivity index (χ1n) is 8.05. The normalized spacial score (nSPS) is 10.4. The fourth-order valence-corrected chi connectivity index (χ4v) is 2.34. The Morgan fingerprint density at radius 1 is 1.24 bits per heavy atom. The van der Waals surface area contributed by atoms with Crippen LogP contribution in [0.3, 0.4) is 0 Å². The second-order valence-electron chi connectivity index (χ2n) is 5.17. The third kappa shape index (κ3) is 4.79. The number of aromatic amines is 1. The van der Waals surface area contributed by atoms with Gasteiger partial charge in [0.2, 0.25) is 0 Å². The number of H-pyrrole nitrogens is 1. The summed E-state index contributed by atoms with van der Waals surface area (Å²) in [5.74, 6) is 1.59. The molecule has 0 unspecified atom stereocenters. The van der Waals surface area contributed by atoms with Gasteiger partial charge in [0.25, 0.3) is 11.4 Å². The zero-order valence-corrected chi connectivity index (χ0v) is 15.3. The Bertz CT molecular complexity index is 764. The second-order valence-corrected chi connectivity index (χ2v) is 5.55. The molecule has 0 saturated heterocycles. The van der Waals surface area contributed by atoms with Crippen LogP contribution in [-0.4, -0.2) is 30.5 Å². The number of halogens is 1. The van der Waals surface area contributed by atoms with Gasteiger partial charge in [0.05, 0.1) is 20.3 Å². The lowest BCUT2D eigenvalue weighted by atomic mass is 10.2. The molecule has 0 aliphatic heterocycles. The molecule has 0 aliphatic carbocycles. The molecule has 1 aromatic heterocycles. The van der Waals surface area contributed by atoms with Gasteiger partial charge in [0.1, 0.15) is 10.7 Å². The third-order valence-electron chi connectivity index (χ3n) is 3.33. The van der Waals surface area contributed by atoms with Crippen LogP contribution in [0.15, 0.2) is 23.0 Å². The van der Waals surface area contributed by atoms with Crippen LogP contribution in [0.5, 0.6) is 17.4 Å². The number of hydrogen-bond acceptors (Lipinski definition) is 6. The molecule has 2 aromatic rings. The number of benzene rings is 1. The molecule has 0 spiro atoms. The van der Waals surface area contributed by atoms with Crippen LogP contribution in [0.1, 0.15) is 25.8 Å². The highest BCUT2D eigenvalue weighted by Crippen LogP contribution is 2.30. The number of nitrogens with zero attached hydrogens (tertiary/aromatic N) is 1. The monoisotopic (exact) mass is 367 g/mol. The summed E-state index contributed by atoms with van der Waals surface area (Å²) in [6.45, 7) is 5.28. The van der Waals surface area contributed by atoms with E-state index in [-0.39, 0.29) is 10.9 Å². The number of nitrogens with one attached hydrogen (secondary N) is 2. The molecule has 136 valence electrons. The molecule has 0 radical (unpaired) electrons. The van der Waals surface area contributed by atoms with E-state index in [2.05, 4.69) is 15.5 Å². The van der Waals surface area contributed by atoms with E-state index in [4.69, 9.17) is 25.8 Å². The van der Waals surface area contributed by atoms with Crippen molar-refractivity contribution in [3.05, 3.63) is 39.1 Å². The van der Waals surface area contributed by atoms with Gasteiger partial charge in [-0.05, 0) is 31.0 Å². The summed E-state index contributed by atoms with van der Waals surface area (Å²) >= 11 is 6.08. The summed E-state index contributed by atoms with van der Waals surface area (Å²) in [7, 11) is 1.60. The van der Waals surface area contributed by atoms with Gasteiger partial charge in [-0.2, -0.15) is 0 Å². The van der Waals surface area contributed by atoms with Crippen molar-refractivity contribution < 1.29 is 14.2 Å². The van der Waals surface area contributed by atoms with Crippen molar-refractivity contribution in [3.8, 4) is 17.4 Å². The average molecular weight is 368 g/mol. The summed E-state index contributed by atoms with van der Waals surface area (Å²) in [5.41, 5.74) is 0.819. The van der Waals surface area contributed by atoms with E-state index in [9.17, 15) is 4.79 Å². The highest BCUT2D eigenvalue weighted by atomic mass is 35.5. The van der Waals surface area contributed by atoms with Gasteiger partial charge in [-0.15, -0.1) is 5.10 Å². The second kappa shape index (κ2) is 9.17. The van der Waals surface area contributed by atoms with Crippen LogP contribution in [-0.2, 0) is 6.54 Å². The predicted molar refractivity (Wildman–Crippen MR) is 97.1 cm³/mol. The number of rotatable bonds is 9. The van der Waals surface area contributed by atoms with Crippen LogP contribution >= 0.6 is 11.6 Å². The van der Waals surface area contributed by atoms with E-state index in [0.717, 1.165) is 12.0 Å². The summed E-state index contributed by atoms with van der Waals surface area (Å²) in [6.07, 6.45) is 0.900. The van der Waals surface area contributed by atoms with Crippen LogP contribution < -0.4 is 25.1 Å². The summed E-state index contributed by atoms with van der Waals surface area (Å²) < 4.78 is 16.4. The number of anilines is 1. The maximum absolute atomic E-state index is 11.7. The first-order chi connectivity index (χ1) is 12.1. The van der Waals surface area contributed by atoms with Gasteiger partial charge in [0.15, 0.2) is 11.5 Å². The SMILES string of the molecule is CCCOc1cc(CNc2c(OCC)n[nH]c(=O)c2Cl)ccc1OC. The fourth-order valence-electron chi connectivity index (χ4n) is 2.15. The number of ether oxygens (including phenoxy) is 3. The van der Waals surface area contributed by atoms with Crippen LogP contribution in [0, 0.1) is 0 Å². The first-order valence-corrected chi connectivity index (χ1v) is 8.43. The average Bonchev–Trinajstić information content (AvgIpc) is 2.63. The van der Waals surface area contributed by atoms with E-state index in [1.54, 1.807) is 7.11 Å². The van der Waals surface area contributed by atoms with Crippen molar-refractivity contribution in [2.45, 2.75) is 26.8 Å². The molecule has 1 heterocycles. The molecular formula is C17H22ClN3O4. The van der Waals surface area contributed by atoms with Gasteiger partial charge in [-0.25, -0.2) is 5.10 Å². The van der Waals surface area contributed by atoms with Crippen LogP contribution in [0.25, 0.3) is 0 Å². The summed E-state index contributed by atoms with van der Waals surface area (Å²) in [4.78, 5) is 11.7. The van der Waals surface area contributed by atoms with Gasteiger partial charge >= 0.3 is 0 Å². The van der Waals surface area contributed by atoms with Crippen LogP contribution in [0.2, 0.25) is 5.02 Å². The van der Waals surface area contributed by atoms with E-state index in [1.807, 2.05) is 32.0 Å². The Kier molecular flexibility index (Phi) is 6.94. The predicted octanol–water partition coefficient (Wildman–Crippen LogP) is 3.23. The van der Waals surface area contributed by atoms with E-state index < -0.39 is 5.56 Å². The van der Waals surface area contributed by atoms with Gasteiger partial charge in [0, 0.05) is 6.54 Å². The molecule has 2 N–H and O–H groups in total. The van der Waals surface area contributed by atoms with Crippen LogP contribution in [0.4, 0.5) is 5.69 Å². The summed E-state index contributed by atoms with van der Waals surface area (Å²) in [6, 6.07) is 5.62. The number of hydrogen-bond donors (Lipinski definition) is 2. The van der Waals surface area contributed by atoms with Crippen molar-refractivity contribution in [3.63, 3.8) is 0 Å². The highest BCUT2D eigenvalue weighted by molar-refractivity contribution is 6.33. The van der Waals surface area contributed by atoms with Crippen molar-refractivity contribution in [2.24, 2.45) is 0 Å². The lowest BCUT2D eigenvalue weighted by Gasteiger charge is -2.14. The van der Waals surface area contributed by atoms with Crippen molar-refractivity contribution in [2.75, 3.05) is 25.6 Å². The van der Waals surface area contributed by atoms with E-state index in [0.29, 0.717) is 36.9 Å². The summed E-state index contributed by atoms with van der Waals surface area (Å²) in [5, 5.41) is 9.29. The maximum atomic E-state index is 11.7. The molecule has 0 aliphatic rings. The van der Waals surface area contributed by atoms with Gasteiger partial charge in [-0.1, -0.05) is 24.6 Å². The third-order valence-corrected chi connectivity index (χ3v) is 3.69. The molecule has 0 fully saturated rings. The van der Waals surface area contributed by atoms with E-state index >= 15 is 0 Å².